The van der Waals surface area contributed by atoms with Crippen molar-refractivity contribution < 1.29 is 18.7 Å². The van der Waals surface area contributed by atoms with Crippen molar-refractivity contribution in [3.8, 4) is 0 Å². The molecule has 100 valence electrons. The number of esters is 1. The van der Waals surface area contributed by atoms with E-state index in [4.69, 9.17) is 4.74 Å². The lowest BCUT2D eigenvalue weighted by atomic mass is 9.98. The zero-order valence-electron chi connectivity index (χ0n) is 11.0. The van der Waals surface area contributed by atoms with E-state index in [0.29, 0.717) is 12.2 Å². The molecule has 0 bridgehead atoms. The highest BCUT2D eigenvalue weighted by Crippen LogP contribution is 2.26. The molecule has 3 nitrogen and oxygen atoms in total. The minimum Gasteiger partial charge on any atom is -0.469 e. The summed E-state index contributed by atoms with van der Waals surface area (Å²) in [5, 5.41) is 0. The molecule has 0 radical (unpaired) electrons. The SMILES string of the molecule is CCO[C@H](CC)c1ccc(F)cc1CC(=O)OC. The number of ether oxygens (including phenoxy) is 2. The molecule has 0 spiro atoms. The molecule has 0 amide bonds. The van der Waals surface area contributed by atoms with E-state index in [2.05, 4.69) is 4.74 Å². The molecule has 1 atom stereocenters. The van der Waals surface area contributed by atoms with Crippen molar-refractivity contribution in [3.05, 3.63) is 35.1 Å². The third kappa shape index (κ3) is 3.81. The van der Waals surface area contributed by atoms with E-state index in [0.717, 1.165) is 12.0 Å². The van der Waals surface area contributed by atoms with Gasteiger partial charge < -0.3 is 9.47 Å². The largest absolute Gasteiger partial charge is 0.469 e. The number of hydrogen-bond acceptors (Lipinski definition) is 3. The highest BCUT2D eigenvalue weighted by Gasteiger charge is 2.16. The van der Waals surface area contributed by atoms with Crippen LogP contribution in [0.4, 0.5) is 4.39 Å². The summed E-state index contributed by atoms with van der Waals surface area (Å²) in [4.78, 5) is 11.3. The summed E-state index contributed by atoms with van der Waals surface area (Å²) in [6, 6.07) is 4.43. The Hall–Kier alpha value is -1.42. The summed E-state index contributed by atoms with van der Waals surface area (Å²) in [7, 11) is 1.32. The maximum atomic E-state index is 13.3. The van der Waals surface area contributed by atoms with Crippen LogP contribution in [0.2, 0.25) is 0 Å². The van der Waals surface area contributed by atoms with Crippen LogP contribution in [0.3, 0.4) is 0 Å². The van der Waals surface area contributed by atoms with Crippen molar-refractivity contribution >= 4 is 5.97 Å². The summed E-state index contributed by atoms with van der Waals surface area (Å²) in [5.41, 5.74) is 1.48. The van der Waals surface area contributed by atoms with E-state index < -0.39 is 0 Å². The Labute approximate surface area is 107 Å². The van der Waals surface area contributed by atoms with Crippen molar-refractivity contribution in [3.63, 3.8) is 0 Å². The van der Waals surface area contributed by atoms with E-state index in [9.17, 15) is 9.18 Å². The monoisotopic (exact) mass is 254 g/mol. The number of methoxy groups -OCH3 is 1. The number of rotatable bonds is 6. The average Bonchev–Trinajstić information content (AvgIpc) is 2.36. The fourth-order valence-corrected chi connectivity index (χ4v) is 1.90. The van der Waals surface area contributed by atoms with Gasteiger partial charge in [0.1, 0.15) is 5.82 Å². The number of halogens is 1. The van der Waals surface area contributed by atoms with Crippen molar-refractivity contribution in [2.75, 3.05) is 13.7 Å². The van der Waals surface area contributed by atoms with Crippen LogP contribution in [0.1, 0.15) is 37.5 Å². The Bertz CT molecular complexity index is 404. The highest BCUT2D eigenvalue weighted by molar-refractivity contribution is 5.73. The van der Waals surface area contributed by atoms with Crippen LogP contribution in [0.15, 0.2) is 18.2 Å². The first kappa shape index (κ1) is 14.6. The lowest BCUT2D eigenvalue weighted by Gasteiger charge is -2.19. The lowest BCUT2D eigenvalue weighted by molar-refractivity contribution is -0.139. The van der Waals surface area contributed by atoms with Crippen molar-refractivity contribution in [2.45, 2.75) is 32.8 Å². The molecule has 0 fully saturated rings. The third-order valence-corrected chi connectivity index (χ3v) is 2.75. The zero-order valence-corrected chi connectivity index (χ0v) is 11.0. The van der Waals surface area contributed by atoms with Crippen molar-refractivity contribution in [2.24, 2.45) is 0 Å². The van der Waals surface area contributed by atoms with E-state index in [1.54, 1.807) is 6.07 Å². The van der Waals surface area contributed by atoms with Crippen LogP contribution in [-0.2, 0) is 20.7 Å². The van der Waals surface area contributed by atoms with Crippen LogP contribution in [0.5, 0.6) is 0 Å². The normalized spacial score (nSPS) is 12.2. The molecule has 0 aliphatic heterocycles. The van der Waals surface area contributed by atoms with Crippen LogP contribution in [0.25, 0.3) is 0 Å². The first-order valence-corrected chi connectivity index (χ1v) is 6.09. The van der Waals surface area contributed by atoms with Gasteiger partial charge in [-0.3, -0.25) is 4.79 Å². The Balaban J connectivity index is 3.04. The summed E-state index contributed by atoms with van der Waals surface area (Å²) in [6.45, 7) is 4.48. The van der Waals surface area contributed by atoms with Gasteiger partial charge in [-0.15, -0.1) is 0 Å². The van der Waals surface area contributed by atoms with E-state index in [1.807, 2.05) is 13.8 Å². The maximum absolute atomic E-state index is 13.3. The predicted molar refractivity (Wildman–Crippen MR) is 66.8 cm³/mol. The fraction of sp³-hybridized carbons (Fsp3) is 0.500. The molecule has 0 heterocycles. The molecule has 4 heteroatoms. The van der Waals surface area contributed by atoms with Crippen LogP contribution in [0, 0.1) is 5.82 Å². The maximum Gasteiger partial charge on any atom is 0.309 e. The van der Waals surface area contributed by atoms with Gasteiger partial charge in [0.2, 0.25) is 0 Å². The molecule has 0 aliphatic carbocycles. The van der Waals surface area contributed by atoms with Crippen LogP contribution in [-0.4, -0.2) is 19.7 Å². The molecule has 0 saturated carbocycles. The predicted octanol–water partition coefficient (Wildman–Crippen LogP) is 3.03. The van der Waals surface area contributed by atoms with Crippen LogP contribution < -0.4 is 0 Å². The van der Waals surface area contributed by atoms with E-state index in [1.165, 1.54) is 19.2 Å². The first-order chi connectivity index (χ1) is 8.62. The molecular weight excluding hydrogens is 235 g/mol. The summed E-state index contributed by atoms with van der Waals surface area (Å²) in [5.74, 6) is -0.739. The average molecular weight is 254 g/mol. The molecular formula is C14H19FO3. The Morgan fingerprint density at radius 1 is 1.39 bits per heavy atom. The topological polar surface area (TPSA) is 35.5 Å². The number of benzene rings is 1. The number of carbonyl (C=O) groups excluding carboxylic acids is 1. The molecule has 0 unspecified atom stereocenters. The molecule has 0 saturated heterocycles. The Kier molecular flexibility index (Phi) is 5.78. The molecule has 18 heavy (non-hydrogen) atoms. The van der Waals surface area contributed by atoms with Gasteiger partial charge in [-0.05, 0) is 36.6 Å². The molecule has 1 rings (SSSR count). The molecule has 0 N–H and O–H groups in total. The molecule has 1 aromatic rings. The third-order valence-electron chi connectivity index (χ3n) is 2.75. The van der Waals surface area contributed by atoms with Gasteiger partial charge in [0.15, 0.2) is 0 Å². The molecule has 0 aliphatic rings. The smallest absolute Gasteiger partial charge is 0.309 e. The number of hydrogen-bond donors (Lipinski definition) is 0. The van der Waals surface area contributed by atoms with E-state index >= 15 is 0 Å². The standard InChI is InChI=1S/C14H19FO3/c1-4-13(18-5-2)12-7-6-11(15)8-10(12)9-14(16)17-3/h6-8,13H,4-5,9H2,1-3H3/t13-/m1/s1. The van der Waals surface area contributed by atoms with Gasteiger partial charge in [-0.2, -0.15) is 0 Å². The Morgan fingerprint density at radius 2 is 2.11 bits per heavy atom. The van der Waals surface area contributed by atoms with Gasteiger partial charge in [0.05, 0.1) is 19.6 Å². The zero-order chi connectivity index (χ0) is 13.5. The van der Waals surface area contributed by atoms with Gasteiger partial charge in [-0.25, -0.2) is 4.39 Å². The summed E-state index contributed by atoms with van der Waals surface area (Å²) >= 11 is 0. The van der Waals surface area contributed by atoms with Crippen molar-refractivity contribution in [1.82, 2.24) is 0 Å². The fourth-order valence-electron chi connectivity index (χ4n) is 1.90. The molecule has 1 aromatic carbocycles. The lowest BCUT2D eigenvalue weighted by Crippen LogP contribution is -2.11. The van der Waals surface area contributed by atoms with Gasteiger partial charge in [0.25, 0.3) is 0 Å². The number of carbonyl (C=O) groups is 1. The second kappa shape index (κ2) is 7.11. The van der Waals surface area contributed by atoms with E-state index in [-0.39, 0.29) is 24.3 Å². The second-order valence-electron chi connectivity index (χ2n) is 3.95. The summed E-state index contributed by atoms with van der Waals surface area (Å²) in [6.07, 6.45) is 0.719. The first-order valence-electron chi connectivity index (χ1n) is 6.09. The van der Waals surface area contributed by atoms with Crippen LogP contribution >= 0.6 is 0 Å². The second-order valence-corrected chi connectivity index (χ2v) is 3.95. The molecule has 0 aromatic heterocycles. The van der Waals surface area contributed by atoms with Gasteiger partial charge in [-0.1, -0.05) is 13.0 Å². The van der Waals surface area contributed by atoms with Gasteiger partial charge >= 0.3 is 5.97 Å². The minimum absolute atomic E-state index is 0.0627. The Morgan fingerprint density at radius 3 is 2.67 bits per heavy atom. The highest BCUT2D eigenvalue weighted by atomic mass is 19.1. The van der Waals surface area contributed by atoms with Crippen molar-refractivity contribution in [1.29, 1.82) is 0 Å². The minimum atomic E-state index is -0.381. The van der Waals surface area contributed by atoms with Gasteiger partial charge in [0, 0.05) is 6.61 Å². The summed E-state index contributed by atoms with van der Waals surface area (Å²) < 4.78 is 23.5. The quantitative estimate of drug-likeness (QED) is 0.732.